The van der Waals surface area contributed by atoms with E-state index in [1.165, 1.54) is 0 Å². The zero-order chi connectivity index (χ0) is 16.5. The molecule has 120 valence electrons. The molecule has 1 aromatic rings. The molecule has 0 aliphatic carbocycles. The van der Waals surface area contributed by atoms with Crippen LogP contribution in [0.2, 0.25) is 0 Å². The largest absolute Gasteiger partial charge is 0.514 e. The first kappa shape index (κ1) is 18.0. The Balaban J connectivity index is 3.13. The summed E-state index contributed by atoms with van der Waals surface area (Å²) >= 11 is 0. The number of pyridine rings is 1. The second kappa shape index (κ2) is 9.07. The molecular weight excluding hydrogens is 281 g/mol. The Morgan fingerprint density at radius 3 is 2.73 bits per heavy atom. The lowest BCUT2D eigenvalue weighted by Gasteiger charge is -2.14. The molecule has 0 aliphatic heterocycles. The van der Waals surface area contributed by atoms with Gasteiger partial charge in [0.05, 0.1) is 18.0 Å². The van der Waals surface area contributed by atoms with Gasteiger partial charge >= 0.3 is 0 Å². The number of alkyl halides is 1. The summed E-state index contributed by atoms with van der Waals surface area (Å²) in [6, 6.07) is 3.99. The summed E-state index contributed by atoms with van der Waals surface area (Å²) in [7, 11) is 0. The maximum absolute atomic E-state index is 12.2. The third kappa shape index (κ3) is 5.39. The fourth-order valence-corrected chi connectivity index (χ4v) is 1.90. The zero-order valence-corrected chi connectivity index (χ0v) is 13.6. The van der Waals surface area contributed by atoms with Crippen LogP contribution in [0.1, 0.15) is 50.8 Å². The highest BCUT2D eigenvalue weighted by atomic mass is 19.1. The summed E-state index contributed by atoms with van der Waals surface area (Å²) in [5.41, 5.74) is 3.23. The maximum Gasteiger partial charge on any atom is 0.109 e. The fraction of sp³-hybridized carbons (Fsp3) is 0.471. The predicted octanol–water partition coefficient (Wildman–Crippen LogP) is 4.21. The van der Waals surface area contributed by atoms with E-state index in [0.29, 0.717) is 17.3 Å². The van der Waals surface area contributed by atoms with Gasteiger partial charge in [0.15, 0.2) is 0 Å². The highest BCUT2D eigenvalue weighted by molar-refractivity contribution is 6.33. The molecule has 0 saturated heterocycles. The molecule has 1 atom stereocenters. The Morgan fingerprint density at radius 1 is 1.41 bits per heavy atom. The molecule has 1 N–H and O–H groups in total. The van der Waals surface area contributed by atoms with Crippen molar-refractivity contribution < 1.29 is 9.50 Å². The number of aliphatic hydroxyl groups excluding tert-OH is 1. The molecule has 1 aromatic heterocycles. The molecule has 0 radical (unpaired) electrons. The standard InChI is InChI=1S/C17H24FN3O/c1-12(2)16-9-15(5-7-20-16)14(4)17(10-19-8-6-18)21-13(3)11-22/h5,7,9-12,14,22H,6,8H2,1-4H3/b13-11+,19-10-,21-17+. The smallest absolute Gasteiger partial charge is 0.109 e. The van der Waals surface area contributed by atoms with Gasteiger partial charge in [-0.25, -0.2) is 4.39 Å². The van der Waals surface area contributed by atoms with E-state index in [4.69, 9.17) is 5.11 Å². The number of rotatable bonds is 7. The molecule has 22 heavy (non-hydrogen) atoms. The molecule has 0 aromatic carbocycles. The number of hydrogen-bond donors (Lipinski definition) is 1. The van der Waals surface area contributed by atoms with Crippen molar-refractivity contribution >= 4 is 11.9 Å². The molecular formula is C17H24FN3O. The van der Waals surface area contributed by atoms with Crippen molar-refractivity contribution in [1.82, 2.24) is 4.98 Å². The van der Waals surface area contributed by atoms with Gasteiger partial charge in [-0.3, -0.25) is 15.0 Å². The van der Waals surface area contributed by atoms with Gasteiger partial charge in [0.2, 0.25) is 0 Å². The van der Waals surface area contributed by atoms with Gasteiger partial charge in [-0.1, -0.05) is 20.8 Å². The van der Waals surface area contributed by atoms with Crippen molar-refractivity contribution in [3.63, 3.8) is 0 Å². The van der Waals surface area contributed by atoms with E-state index in [1.807, 2.05) is 19.1 Å². The first-order chi connectivity index (χ1) is 10.5. The number of allylic oxidation sites excluding steroid dienone is 1. The SMILES string of the molecule is CC(=C\O)/N=C(\C=N/CCF)C(C)c1ccnc(C(C)C)c1. The van der Waals surface area contributed by atoms with Crippen molar-refractivity contribution in [3.05, 3.63) is 41.5 Å². The normalized spacial score (nSPS) is 14.8. The molecule has 0 bridgehead atoms. The van der Waals surface area contributed by atoms with Gasteiger partial charge in [-0.05, 0) is 30.5 Å². The quantitative estimate of drug-likeness (QED) is 0.606. The van der Waals surface area contributed by atoms with Gasteiger partial charge in [0, 0.05) is 24.0 Å². The number of halogens is 1. The Morgan fingerprint density at radius 2 is 2.14 bits per heavy atom. The van der Waals surface area contributed by atoms with E-state index >= 15 is 0 Å². The maximum atomic E-state index is 12.2. The summed E-state index contributed by atoms with van der Waals surface area (Å²) in [6.07, 6.45) is 4.31. The van der Waals surface area contributed by atoms with Gasteiger partial charge in [0.1, 0.15) is 12.9 Å². The van der Waals surface area contributed by atoms with Crippen LogP contribution in [0.5, 0.6) is 0 Å². The highest BCUT2D eigenvalue weighted by Crippen LogP contribution is 2.21. The Bertz CT molecular complexity index is 565. The highest BCUT2D eigenvalue weighted by Gasteiger charge is 2.13. The molecule has 4 nitrogen and oxygen atoms in total. The summed E-state index contributed by atoms with van der Waals surface area (Å²) in [6.45, 7) is 7.49. The lowest BCUT2D eigenvalue weighted by molar-refractivity contribution is 0.466. The van der Waals surface area contributed by atoms with Crippen molar-refractivity contribution in [1.29, 1.82) is 0 Å². The average molecular weight is 305 g/mol. The van der Waals surface area contributed by atoms with Crippen LogP contribution < -0.4 is 0 Å². The van der Waals surface area contributed by atoms with E-state index in [-0.39, 0.29) is 12.5 Å². The third-order valence-corrected chi connectivity index (χ3v) is 3.27. The van der Waals surface area contributed by atoms with Crippen LogP contribution in [0, 0.1) is 0 Å². The second-order valence-corrected chi connectivity index (χ2v) is 5.42. The Labute approximate surface area is 131 Å². The number of aromatic nitrogens is 1. The van der Waals surface area contributed by atoms with E-state index < -0.39 is 6.67 Å². The minimum atomic E-state index is -0.500. The topological polar surface area (TPSA) is 57.8 Å². The van der Waals surface area contributed by atoms with Gasteiger partial charge < -0.3 is 5.11 Å². The number of aliphatic imine (C=N–C) groups is 2. The number of nitrogens with zero attached hydrogens (tertiary/aromatic N) is 3. The van der Waals surface area contributed by atoms with Gasteiger partial charge in [0.25, 0.3) is 0 Å². The van der Waals surface area contributed by atoms with Crippen LogP contribution in [-0.2, 0) is 0 Å². The lowest BCUT2D eigenvalue weighted by Crippen LogP contribution is -2.13. The minimum Gasteiger partial charge on any atom is -0.514 e. The first-order valence-electron chi connectivity index (χ1n) is 7.40. The summed E-state index contributed by atoms with van der Waals surface area (Å²) in [5.74, 6) is 0.311. The van der Waals surface area contributed by atoms with Crippen LogP contribution in [0.4, 0.5) is 4.39 Å². The molecule has 1 heterocycles. The number of hydrogen-bond acceptors (Lipinski definition) is 4. The Kier molecular flexibility index (Phi) is 7.43. The van der Waals surface area contributed by atoms with E-state index in [1.54, 1.807) is 19.3 Å². The van der Waals surface area contributed by atoms with Crippen molar-refractivity contribution in [3.8, 4) is 0 Å². The van der Waals surface area contributed by atoms with Crippen LogP contribution in [0.25, 0.3) is 0 Å². The van der Waals surface area contributed by atoms with Gasteiger partial charge in [-0.15, -0.1) is 0 Å². The van der Waals surface area contributed by atoms with Crippen molar-refractivity contribution in [2.45, 2.75) is 39.5 Å². The number of aliphatic hydroxyl groups is 1. The molecule has 5 heteroatoms. The minimum absolute atomic E-state index is 0.0289. The van der Waals surface area contributed by atoms with E-state index in [9.17, 15) is 4.39 Å². The molecule has 0 fully saturated rings. The third-order valence-electron chi connectivity index (χ3n) is 3.27. The lowest BCUT2D eigenvalue weighted by atomic mass is 9.95. The summed E-state index contributed by atoms with van der Waals surface area (Å²) < 4.78 is 12.2. The van der Waals surface area contributed by atoms with Crippen molar-refractivity contribution in [2.75, 3.05) is 13.2 Å². The molecule has 1 unspecified atom stereocenters. The van der Waals surface area contributed by atoms with Crippen LogP contribution in [0.3, 0.4) is 0 Å². The molecule has 0 aliphatic rings. The van der Waals surface area contributed by atoms with Crippen LogP contribution in [-0.4, -0.2) is 35.2 Å². The van der Waals surface area contributed by atoms with E-state index in [2.05, 4.69) is 28.8 Å². The van der Waals surface area contributed by atoms with Crippen LogP contribution in [0.15, 0.2) is 40.3 Å². The molecule has 0 saturated carbocycles. The van der Waals surface area contributed by atoms with Gasteiger partial charge in [-0.2, -0.15) is 0 Å². The average Bonchev–Trinajstić information content (AvgIpc) is 2.53. The monoisotopic (exact) mass is 305 g/mol. The van der Waals surface area contributed by atoms with Crippen molar-refractivity contribution in [2.24, 2.45) is 9.98 Å². The fourth-order valence-electron chi connectivity index (χ4n) is 1.90. The predicted molar refractivity (Wildman–Crippen MR) is 89.9 cm³/mol. The van der Waals surface area contributed by atoms with Crippen LogP contribution >= 0.6 is 0 Å². The molecule has 0 spiro atoms. The zero-order valence-electron chi connectivity index (χ0n) is 13.6. The van der Waals surface area contributed by atoms with E-state index in [0.717, 1.165) is 17.5 Å². The Hall–Kier alpha value is -2.04. The molecule has 0 amide bonds. The summed E-state index contributed by atoms with van der Waals surface area (Å²) in [4.78, 5) is 12.7. The summed E-state index contributed by atoms with van der Waals surface area (Å²) in [5, 5.41) is 9.04. The second-order valence-electron chi connectivity index (χ2n) is 5.42. The first-order valence-corrected chi connectivity index (χ1v) is 7.40. The molecule has 1 rings (SSSR count).